The molecule has 0 unspecified atom stereocenters. The first-order valence-electron chi connectivity index (χ1n) is 10.2. The van der Waals surface area contributed by atoms with Gasteiger partial charge in [0.15, 0.2) is 11.5 Å². The topological polar surface area (TPSA) is 80.0 Å². The van der Waals surface area contributed by atoms with Crippen molar-refractivity contribution in [2.45, 2.75) is 25.7 Å². The van der Waals surface area contributed by atoms with Crippen molar-refractivity contribution in [3.8, 4) is 5.69 Å². The first-order valence-corrected chi connectivity index (χ1v) is 10.2. The van der Waals surface area contributed by atoms with Gasteiger partial charge in [0.2, 0.25) is 0 Å². The summed E-state index contributed by atoms with van der Waals surface area (Å²) in [7, 11) is 0. The minimum absolute atomic E-state index is 0.0802. The van der Waals surface area contributed by atoms with E-state index in [-0.39, 0.29) is 5.91 Å². The lowest BCUT2D eigenvalue weighted by Gasteiger charge is -2.35. The van der Waals surface area contributed by atoms with Crippen LogP contribution in [0.4, 0.5) is 5.82 Å². The number of amides is 1. The number of carbonyl (C=O) groups is 1. The Morgan fingerprint density at radius 1 is 0.931 bits per heavy atom. The number of para-hydroxylation sites is 1. The Balaban J connectivity index is 1.24. The molecule has 1 fully saturated rings. The number of nitrogens with zero attached hydrogens (tertiary/aromatic N) is 7. The third kappa shape index (κ3) is 3.57. The molecule has 1 aliphatic heterocycles. The summed E-state index contributed by atoms with van der Waals surface area (Å²) in [5.41, 5.74) is 3.69. The van der Waals surface area contributed by atoms with Crippen molar-refractivity contribution in [2.24, 2.45) is 0 Å². The van der Waals surface area contributed by atoms with Gasteiger partial charge in [-0.1, -0.05) is 18.2 Å². The van der Waals surface area contributed by atoms with E-state index in [1.54, 1.807) is 0 Å². The summed E-state index contributed by atoms with van der Waals surface area (Å²) in [6.07, 6.45) is 6.10. The van der Waals surface area contributed by atoms with Crippen LogP contribution in [0.2, 0.25) is 0 Å². The van der Waals surface area contributed by atoms with E-state index in [0.29, 0.717) is 18.8 Å². The number of carbonyl (C=O) groups excluding carboxylic acids is 1. The number of aromatic nitrogens is 5. The molecule has 1 aromatic carbocycles. The molecule has 148 valence electrons. The lowest BCUT2D eigenvalue weighted by Crippen LogP contribution is -2.49. The maximum atomic E-state index is 12.8. The lowest BCUT2D eigenvalue weighted by atomic mass is 9.97. The smallest absolute Gasteiger partial charge is 0.276 e. The van der Waals surface area contributed by atoms with Crippen LogP contribution in [0.25, 0.3) is 5.69 Å². The Hall–Kier alpha value is -3.29. The van der Waals surface area contributed by atoms with Gasteiger partial charge in [-0.25, -0.2) is 0 Å². The molecular weight excluding hydrogens is 366 g/mol. The van der Waals surface area contributed by atoms with Gasteiger partial charge >= 0.3 is 0 Å². The Morgan fingerprint density at radius 3 is 2.55 bits per heavy atom. The maximum absolute atomic E-state index is 12.8. The molecule has 3 heterocycles. The largest absolute Gasteiger partial charge is 0.352 e. The van der Waals surface area contributed by atoms with Crippen LogP contribution < -0.4 is 4.90 Å². The molecule has 29 heavy (non-hydrogen) atoms. The fourth-order valence-electron chi connectivity index (χ4n) is 3.98. The van der Waals surface area contributed by atoms with Crippen LogP contribution >= 0.6 is 0 Å². The highest BCUT2D eigenvalue weighted by atomic mass is 16.2. The Labute approximate surface area is 169 Å². The SMILES string of the molecule is O=C(c1cnn(-c2ccccc2)n1)N1CCN(c2cc3c(nn2)CCCC3)CC1. The minimum atomic E-state index is -0.0802. The highest BCUT2D eigenvalue weighted by Gasteiger charge is 2.25. The van der Waals surface area contributed by atoms with Crippen molar-refractivity contribution in [2.75, 3.05) is 31.1 Å². The number of fused-ring (bicyclic) bond motifs is 1. The Morgan fingerprint density at radius 2 is 1.72 bits per heavy atom. The van der Waals surface area contributed by atoms with Crippen LogP contribution in [0.1, 0.15) is 34.6 Å². The molecule has 0 bridgehead atoms. The molecule has 8 heteroatoms. The van der Waals surface area contributed by atoms with Gasteiger partial charge in [0.05, 0.1) is 17.6 Å². The average Bonchev–Trinajstić information content (AvgIpc) is 3.29. The van der Waals surface area contributed by atoms with Crippen LogP contribution in [0.3, 0.4) is 0 Å². The molecule has 1 saturated heterocycles. The van der Waals surface area contributed by atoms with Crippen LogP contribution in [-0.4, -0.2) is 62.2 Å². The van der Waals surface area contributed by atoms with Gasteiger partial charge in [-0.05, 0) is 49.4 Å². The molecule has 2 aliphatic rings. The second-order valence-corrected chi connectivity index (χ2v) is 7.52. The van der Waals surface area contributed by atoms with Crippen LogP contribution in [0.15, 0.2) is 42.6 Å². The van der Waals surface area contributed by atoms with Crippen molar-refractivity contribution in [3.05, 3.63) is 59.5 Å². The molecule has 1 amide bonds. The third-order valence-electron chi connectivity index (χ3n) is 5.65. The number of rotatable bonds is 3. The van der Waals surface area contributed by atoms with Crippen LogP contribution in [-0.2, 0) is 12.8 Å². The summed E-state index contributed by atoms with van der Waals surface area (Å²) >= 11 is 0. The Bertz CT molecular complexity index is 1010. The number of piperazine rings is 1. The molecule has 0 atom stereocenters. The predicted octanol–water partition coefficient (Wildman–Crippen LogP) is 1.90. The van der Waals surface area contributed by atoms with Gasteiger partial charge in [-0.15, -0.1) is 10.2 Å². The van der Waals surface area contributed by atoms with Gasteiger partial charge in [-0.3, -0.25) is 4.79 Å². The zero-order valence-corrected chi connectivity index (χ0v) is 16.2. The number of benzene rings is 1. The van der Waals surface area contributed by atoms with E-state index >= 15 is 0 Å². The fourth-order valence-corrected chi connectivity index (χ4v) is 3.98. The summed E-state index contributed by atoms with van der Waals surface area (Å²) in [6, 6.07) is 11.8. The summed E-state index contributed by atoms with van der Waals surface area (Å²) in [6.45, 7) is 2.75. The molecule has 3 aromatic rings. The van der Waals surface area contributed by atoms with Crippen molar-refractivity contribution in [3.63, 3.8) is 0 Å². The highest BCUT2D eigenvalue weighted by molar-refractivity contribution is 5.92. The minimum Gasteiger partial charge on any atom is -0.352 e. The first kappa shape index (κ1) is 17.8. The summed E-state index contributed by atoms with van der Waals surface area (Å²) in [5.74, 6) is 0.844. The second-order valence-electron chi connectivity index (χ2n) is 7.52. The zero-order chi connectivity index (χ0) is 19.6. The van der Waals surface area contributed by atoms with E-state index in [1.807, 2.05) is 35.2 Å². The summed E-state index contributed by atoms with van der Waals surface area (Å²) in [4.78, 5) is 18.4. The molecular formula is C21H23N7O. The maximum Gasteiger partial charge on any atom is 0.276 e. The van der Waals surface area contributed by atoms with E-state index in [4.69, 9.17) is 0 Å². The predicted molar refractivity (Wildman–Crippen MR) is 108 cm³/mol. The second kappa shape index (κ2) is 7.62. The third-order valence-corrected chi connectivity index (χ3v) is 5.65. The van der Waals surface area contributed by atoms with Crippen LogP contribution in [0.5, 0.6) is 0 Å². The average molecular weight is 389 g/mol. The number of hydrogen-bond acceptors (Lipinski definition) is 6. The van der Waals surface area contributed by atoms with Crippen molar-refractivity contribution >= 4 is 11.7 Å². The van der Waals surface area contributed by atoms with E-state index in [0.717, 1.165) is 43.1 Å². The standard InChI is InChI=1S/C21H23N7O/c29-21(19-15-22-28(25-19)17-7-2-1-3-8-17)27-12-10-26(11-13-27)20-14-16-6-4-5-9-18(16)23-24-20/h1-3,7-8,14-15H,4-6,9-13H2. The fraction of sp³-hybridized carbons (Fsp3) is 0.381. The molecule has 0 N–H and O–H groups in total. The van der Waals surface area contributed by atoms with Gasteiger partial charge in [-0.2, -0.15) is 15.0 Å². The summed E-state index contributed by atoms with van der Waals surface area (Å²) in [5, 5.41) is 17.5. The molecule has 8 nitrogen and oxygen atoms in total. The summed E-state index contributed by atoms with van der Waals surface area (Å²) < 4.78 is 0. The van der Waals surface area contributed by atoms with Crippen molar-refractivity contribution in [1.29, 1.82) is 0 Å². The quantitative estimate of drug-likeness (QED) is 0.681. The lowest BCUT2D eigenvalue weighted by molar-refractivity contribution is 0.0740. The number of hydrogen-bond donors (Lipinski definition) is 0. The van der Waals surface area contributed by atoms with Gasteiger partial charge in [0.1, 0.15) is 0 Å². The molecule has 0 spiro atoms. The highest BCUT2D eigenvalue weighted by Crippen LogP contribution is 2.23. The van der Waals surface area contributed by atoms with Crippen molar-refractivity contribution < 1.29 is 4.79 Å². The number of anilines is 1. The van der Waals surface area contributed by atoms with E-state index < -0.39 is 0 Å². The monoisotopic (exact) mass is 389 g/mol. The van der Waals surface area contributed by atoms with E-state index in [1.165, 1.54) is 29.4 Å². The normalized spacial score (nSPS) is 16.6. The van der Waals surface area contributed by atoms with Gasteiger partial charge < -0.3 is 9.80 Å². The van der Waals surface area contributed by atoms with Gasteiger partial charge in [0.25, 0.3) is 5.91 Å². The zero-order valence-electron chi connectivity index (χ0n) is 16.2. The van der Waals surface area contributed by atoms with Gasteiger partial charge in [0, 0.05) is 26.2 Å². The Kier molecular flexibility index (Phi) is 4.67. The van der Waals surface area contributed by atoms with E-state index in [9.17, 15) is 4.79 Å². The molecule has 1 aliphatic carbocycles. The molecule has 0 saturated carbocycles. The van der Waals surface area contributed by atoms with Crippen molar-refractivity contribution in [1.82, 2.24) is 30.1 Å². The first-order chi connectivity index (χ1) is 14.3. The molecule has 0 radical (unpaired) electrons. The van der Waals surface area contributed by atoms with E-state index in [2.05, 4.69) is 31.4 Å². The van der Waals surface area contributed by atoms with Crippen LogP contribution in [0, 0.1) is 0 Å². The molecule has 5 rings (SSSR count). The number of aryl methyl sites for hydroxylation is 2. The molecule has 2 aromatic heterocycles.